The summed E-state index contributed by atoms with van der Waals surface area (Å²) in [7, 11) is 0. The highest BCUT2D eigenvalue weighted by Crippen LogP contribution is 2.43. The molecule has 4 aromatic rings. The van der Waals surface area contributed by atoms with Crippen molar-refractivity contribution in [2.24, 2.45) is 0 Å². The number of aryl methyl sites for hydroxylation is 2. The molecule has 1 aromatic heterocycles. The van der Waals surface area contributed by atoms with Crippen molar-refractivity contribution in [3.05, 3.63) is 108 Å². The van der Waals surface area contributed by atoms with Gasteiger partial charge in [0.15, 0.2) is 5.43 Å². The maximum atomic E-state index is 13.7. The van der Waals surface area contributed by atoms with Crippen molar-refractivity contribution >= 4 is 57.4 Å². The van der Waals surface area contributed by atoms with E-state index in [1.807, 2.05) is 13.8 Å². The fourth-order valence-electron chi connectivity index (χ4n) is 4.12. The summed E-state index contributed by atoms with van der Waals surface area (Å²) in [5.74, 6) is -0.405. The van der Waals surface area contributed by atoms with Crippen LogP contribution in [0, 0.1) is 13.8 Å². The zero-order chi connectivity index (χ0) is 22.7. The van der Waals surface area contributed by atoms with Gasteiger partial charge < -0.3 is 4.42 Å². The Labute approximate surface area is 198 Å². The van der Waals surface area contributed by atoms with Crippen LogP contribution in [-0.2, 0) is 0 Å². The van der Waals surface area contributed by atoms with Crippen molar-refractivity contribution in [1.82, 2.24) is 0 Å². The molecule has 32 heavy (non-hydrogen) atoms. The topological polar surface area (TPSA) is 50.5 Å². The molecule has 1 aliphatic heterocycles. The van der Waals surface area contributed by atoms with Crippen LogP contribution in [0.2, 0.25) is 15.1 Å². The van der Waals surface area contributed by atoms with Gasteiger partial charge in [-0.1, -0.05) is 46.9 Å². The third-order valence-electron chi connectivity index (χ3n) is 5.83. The van der Waals surface area contributed by atoms with Crippen LogP contribution >= 0.6 is 34.8 Å². The average Bonchev–Trinajstić information content (AvgIpc) is 3.04. The minimum atomic E-state index is -0.743. The molecule has 0 N–H and O–H groups in total. The number of hydrogen-bond acceptors (Lipinski definition) is 3. The zero-order valence-electron chi connectivity index (χ0n) is 17.1. The number of anilines is 1. The van der Waals surface area contributed by atoms with E-state index in [4.69, 9.17) is 39.2 Å². The maximum absolute atomic E-state index is 13.7. The van der Waals surface area contributed by atoms with E-state index in [1.54, 1.807) is 54.6 Å². The van der Waals surface area contributed by atoms with E-state index in [2.05, 4.69) is 0 Å². The number of hydrogen-bond donors (Lipinski definition) is 0. The second-order valence-electron chi connectivity index (χ2n) is 7.84. The van der Waals surface area contributed by atoms with Gasteiger partial charge >= 0.3 is 0 Å². The Kier molecular flexibility index (Phi) is 5.05. The smallest absolute Gasteiger partial charge is 0.295 e. The Morgan fingerprint density at radius 1 is 0.875 bits per heavy atom. The largest absolute Gasteiger partial charge is 0.450 e. The first-order chi connectivity index (χ1) is 15.3. The number of nitrogens with zero attached hydrogens (tertiary/aromatic N) is 1. The van der Waals surface area contributed by atoms with Gasteiger partial charge in [-0.2, -0.15) is 0 Å². The van der Waals surface area contributed by atoms with Crippen LogP contribution in [-0.4, -0.2) is 5.91 Å². The predicted molar refractivity (Wildman–Crippen MR) is 129 cm³/mol. The normalized spacial score (nSPS) is 15.5. The predicted octanol–water partition coefficient (Wildman–Crippen LogP) is 7.12. The zero-order valence-corrected chi connectivity index (χ0v) is 19.3. The number of fused-ring (bicyclic) bond motifs is 2. The van der Waals surface area contributed by atoms with Gasteiger partial charge in [-0.25, -0.2) is 0 Å². The average molecular weight is 485 g/mol. The van der Waals surface area contributed by atoms with Crippen molar-refractivity contribution in [3.63, 3.8) is 0 Å². The van der Waals surface area contributed by atoms with Gasteiger partial charge in [0.25, 0.3) is 5.91 Å². The number of rotatable bonds is 2. The minimum Gasteiger partial charge on any atom is -0.450 e. The Hall–Kier alpha value is -2.79. The van der Waals surface area contributed by atoms with E-state index >= 15 is 0 Å². The van der Waals surface area contributed by atoms with Gasteiger partial charge in [-0.3, -0.25) is 14.5 Å². The standard InChI is InChI=1S/C25H16Cl3NO3/c1-12-8-17-20(9-13(12)2)32-24-21(23(17)30)22(14-6-7-18(27)19(28)10-14)29(25(24)31)16-5-3-4-15(26)11-16/h3-11,22H,1-2H3. The molecule has 0 bridgehead atoms. The molecule has 0 radical (unpaired) electrons. The summed E-state index contributed by atoms with van der Waals surface area (Å²) >= 11 is 18.6. The van der Waals surface area contributed by atoms with Crippen LogP contribution in [0.3, 0.4) is 0 Å². The molecule has 160 valence electrons. The Morgan fingerprint density at radius 2 is 1.62 bits per heavy atom. The number of halogens is 3. The first-order valence-corrected chi connectivity index (χ1v) is 11.0. The second-order valence-corrected chi connectivity index (χ2v) is 9.09. The van der Waals surface area contributed by atoms with Gasteiger partial charge in [0.05, 0.1) is 27.0 Å². The quantitative estimate of drug-likeness (QED) is 0.304. The SMILES string of the molecule is Cc1cc2oc3c(c(=O)c2cc1C)C(c1ccc(Cl)c(Cl)c1)N(c1cccc(Cl)c1)C3=O. The van der Waals surface area contributed by atoms with Gasteiger partial charge in [-0.05, 0) is 73.0 Å². The number of carbonyl (C=O) groups is 1. The summed E-state index contributed by atoms with van der Waals surface area (Å²) in [6.45, 7) is 3.86. The molecule has 0 spiro atoms. The first kappa shape index (κ1) is 21.1. The lowest BCUT2D eigenvalue weighted by Gasteiger charge is -2.25. The van der Waals surface area contributed by atoms with E-state index in [9.17, 15) is 9.59 Å². The van der Waals surface area contributed by atoms with Crippen LogP contribution in [0.5, 0.6) is 0 Å². The van der Waals surface area contributed by atoms with Gasteiger partial charge in [0.2, 0.25) is 5.76 Å². The molecule has 0 aliphatic carbocycles. The highest BCUT2D eigenvalue weighted by atomic mass is 35.5. The summed E-state index contributed by atoms with van der Waals surface area (Å²) in [5, 5.41) is 1.60. The third-order valence-corrected chi connectivity index (χ3v) is 6.81. The van der Waals surface area contributed by atoms with E-state index in [1.165, 1.54) is 4.90 Å². The molecule has 1 unspecified atom stereocenters. The fraction of sp³-hybridized carbons (Fsp3) is 0.120. The Balaban J connectivity index is 1.84. The molecular weight excluding hydrogens is 469 g/mol. The van der Waals surface area contributed by atoms with Crippen molar-refractivity contribution < 1.29 is 9.21 Å². The van der Waals surface area contributed by atoms with Gasteiger partial charge in [0.1, 0.15) is 5.58 Å². The summed E-state index contributed by atoms with van der Waals surface area (Å²) in [6.07, 6.45) is 0. The minimum absolute atomic E-state index is 0.0156. The molecule has 5 rings (SSSR count). The molecule has 4 nitrogen and oxygen atoms in total. The maximum Gasteiger partial charge on any atom is 0.295 e. The van der Waals surface area contributed by atoms with Crippen LogP contribution in [0.1, 0.15) is 38.9 Å². The van der Waals surface area contributed by atoms with Crippen LogP contribution in [0.15, 0.2) is 63.8 Å². The lowest BCUT2D eigenvalue weighted by molar-refractivity contribution is 0.0971. The molecule has 0 saturated heterocycles. The third kappa shape index (κ3) is 3.22. The molecule has 3 aromatic carbocycles. The summed E-state index contributed by atoms with van der Waals surface area (Å²) in [6, 6.07) is 14.8. The lowest BCUT2D eigenvalue weighted by Crippen LogP contribution is -2.29. The molecule has 1 aliphatic rings. The first-order valence-electron chi connectivity index (χ1n) is 9.88. The van der Waals surface area contributed by atoms with Crippen LogP contribution in [0.25, 0.3) is 11.0 Å². The fourth-order valence-corrected chi connectivity index (χ4v) is 4.61. The molecule has 2 heterocycles. The van der Waals surface area contributed by atoms with E-state index < -0.39 is 11.9 Å². The molecule has 0 fully saturated rings. The van der Waals surface area contributed by atoms with E-state index in [0.717, 1.165) is 11.1 Å². The number of benzene rings is 3. The Morgan fingerprint density at radius 3 is 2.34 bits per heavy atom. The van der Waals surface area contributed by atoms with Crippen molar-refractivity contribution in [3.8, 4) is 0 Å². The van der Waals surface area contributed by atoms with Crippen molar-refractivity contribution in [2.45, 2.75) is 19.9 Å². The summed E-state index contributed by atoms with van der Waals surface area (Å²) in [5.41, 5.74) is 3.52. The molecule has 7 heteroatoms. The van der Waals surface area contributed by atoms with E-state index in [-0.39, 0.29) is 16.8 Å². The number of carbonyl (C=O) groups excluding carboxylic acids is 1. The van der Waals surface area contributed by atoms with Crippen LogP contribution < -0.4 is 10.3 Å². The molecule has 0 saturated carbocycles. The van der Waals surface area contributed by atoms with Crippen molar-refractivity contribution in [2.75, 3.05) is 4.90 Å². The van der Waals surface area contributed by atoms with Gasteiger partial charge in [-0.15, -0.1) is 0 Å². The molecular formula is C25H16Cl3NO3. The van der Waals surface area contributed by atoms with Gasteiger partial charge in [0, 0.05) is 10.7 Å². The molecule has 1 amide bonds. The highest BCUT2D eigenvalue weighted by Gasteiger charge is 2.43. The van der Waals surface area contributed by atoms with Crippen LogP contribution in [0.4, 0.5) is 5.69 Å². The number of amides is 1. The molecule has 1 atom stereocenters. The second kappa shape index (κ2) is 7.66. The van der Waals surface area contributed by atoms with E-state index in [0.29, 0.717) is 37.3 Å². The summed E-state index contributed by atoms with van der Waals surface area (Å²) in [4.78, 5) is 28.8. The van der Waals surface area contributed by atoms with Crippen molar-refractivity contribution in [1.29, 1.82) is 0 Å². The highest BCUT2D eigenvalue weighted by molar-refractivity contribution is 6.42. The lowest BCUT2D eigenvalue weighted by atomic mass is 9.97. The Bertz CT molecular complexity index is 1490. The monoisotopic (exact) mass is 483 g/mol. The summed E-state index contributed by atoms with van der Waals surface area (Å²) < 4.78 is 6.04.